The molecule has 0 bridgehead atoms. The van der Waals surface area contributed by atoms with Crippen LogP contribution in [0.25, 0.3) is 6.08 Å². The highest BCUT2D eigenvalue weighted by molar-refractivity contribution is 7.07. The largest absolute Gasteiger partial charge is 0.493 e. The summed E-state index contributed by atoms with van der Waals surface area (Å²) < 4.78 is 23.8. The van der Waals surface area contributed by atoms with Gasteiger partial charge in [-0.25, -0.2) is 9.79 Å². The first-order valence-corrected chi connectivity index (χ1v) is 11.6. The zero-order chi connectivity index (χ0) is 25.1. The first-order chi connectivity index (χ1) is 16.9. The van der Waals surface area contributed by atoms with E-state index < -0.39 is 12.0 Å². The number of aromatic nitrogens is 2. The molecule has 182 valence electrons. The van der Waals surface area contributed by atoms with Gasteiger partial charge in [-0.15, -0.1) is 0 Å². The number of nitrogens with zero attached hydrogens (tertiary/aromatic N) is 3. The van der Waals surface area contributed by atoms with Crippen LogP contribution in [0.15, 0.2) is 57.7 Å². The van der Waals surface area contributed by atoms with E-state index in [4.69, 9.17) is 18.9 Å². The van der Waals surface area contributed by atoms with Gasteiger partial charge in [0.1, 0.15) is 0 Å². The standard InChI is InChI=1S/C25H25N3O6S/c1-6-34-24(30)20-14(2)27-25-28(23(29)19(35-25)11-15-7-9-26-10-8-15)21(20)16-12-17(31-3)22(33-5)18(13-16)32-4/h7-13,21H,6H2,1-5H3/b19-11-/t21-/m0/s1. The van der Waals surface area contributed by atoms with E-state index in [0.29, 0.717) is 37.8 Å². The van der Waals surface area contributed by atoms with E-state index in [9.17, 15) is 9.59 Å². The van der Waals surface area contributed by atoms with Crippen LogP contribution in [0.2, 0.25) is 0 Å². The van der Waals surface area contributed by atoms with E-state index in [1.165, 1.54) is 37.2 Å². The van der Waals surface area contributed by atoms with Crippen molar-refractivity contribution in [3.8, 4) is 17.2 Å². The van der Waals surface area contributed by atoms with Gasteiger partial charge in [0, 0.05) is 12.4 Å². The van der Waals surface area contributed by atoms with Crippen molar-refractivity contribution in [3.63, 3.8) is 0 Å². The van der Waals surface area contributed by atoms with Gasteiger partial charge < -0.3 is 18.9 Å². The van der Waals surface area contributed by atoms with Crippen LogP contribution >= 0.6 is 11.3 Å². The SMILES string of the molecule is CCOC(=O)C1=C(C)N=c2s/c(=C\c3ccncc3)c(=O)n2[C@H]1c1cc(OC)c(OC)c(OC)c1. The van der Waals surface area contributed by atoms with Gasteiger partial charge >= 0.3 is 5.97 Å². The highest BCUT2D eigenvalue weighted by atomic mass is 32.1. The third-order valence-corrected chi connectivity index (χ3v) is 6.51. The Morgan fingerprint density at radius 3 is 2.34 bits per heavy atom. The first-order valence-electron chi connectivity index (χ1n) is 10.8. The average Bonchev–Trinajstić information content (AvgIpc) is 3.16. The van der Waals surface area contributed by atoms with Gasteiger partial charge in [-0.3, -0.25) is 14.3 Å². The number of hydrogen-bond donors (Lipinski definition) is 0. The maximum atomic E-state index is 13.7. The highest BCUT2D eigenvalue weighted by Gasteiger charge is 2.34. The number of ether oxygens (including phenoxy) is 4. The number of benzene rings is 1. The fraction of sp³-hybridized carbons (Fsp3) is 0.280. The van der Waals surface area contributed by atoms with Crippen molar-refractivity contribution in [1.29, 1.82) is 0 Å². The lowest BCUT2D eigenvalue weighted by molar-refractivity contribution is -0.139. The summed E-state index contributed by atoms with van der Waals surface area (Å²) in [4.78, 5) is 35.8. The molecule has 10 heteroatoms. The molecule has 0 amide bonds. The molecule has 0 unspecified atom stereocenters. The Hall–Kier alpha value is -3.92. The van der Waals surface area contributed by atoms with Crippen molar-refractivity contribution in [2.24, 2.45) is 4.99 Å². The normalized spacial score (nSPS) is 15.3. The summed E-state index contributed by atoms with van der Waals surface area (Å²) in [6.45, 7) is 3.65. The Morgan fingerprint density at radius 2 is 1.77 bits per heavy atom. The van der Waals surface area contributed by atoms with Crippen molar-refractivity contribution in [2.75, 3.05) is 27.9 Å². The zero-order valence-electron chi connectivity index (χ0n) is 20.0. The van der Waals surface area contributed by atoms with Gasteiger partial charge in [-0.1, -0.05) is 11.3 Å². The summed E-state index contributed by atoms with van der Waals surface area (Å²) in [5, 5.41) is 0. The Balaban J connectivity index is 2.02. The van der Waals surface area contributed by atoms with Crippen LogP contribution in [0, 0.1) is 0 Å². The summed E-state index contributed by atoms with van der Waals surface area (Å²) in [5.41, 5.74) is 1.88. The van der Waals surface area contributed by atoms with Crippen molar-refractivity contribution >= 4 is 23.4 Å². The fourth-order valence-corrected chi connectivity index (χ4v) is 5.02. The topological polar surface area (TPSA) is 101 Å². The molecule has 0 saturated carbocycles. The Morgan fingerprint density at radius 1 is 1.11 bits per heavy atom. The Labute approximate surface area is 205 Å². The van der Waals surface area contributed by atoms with Crippen molar-refractivity contribution < 1.29 is 23.7 Å². The van der Waals surface area contributed by atoms with Crippen molar-refractivity contribution in [3.05, 3.63) is 78.7 Å². The summed E-state index contributed by atoms with van der Waals surface area (Å²) in [7, 11) is 4.53. The maximum Gasteiger partial charge on any atom is 0.338 e. The number of esters is 1. The molecule has 0 spiro atoms. The third-order valence-electron chi connectivity index (χ3n) is 5.52. The molecular formula is C25H25N3O6S. The smallest absolute Gasteiger partial charge is 0.338 e. The van der Waals surface area contributed by atoms with Gasteiger partial charge in [0.05, 0.1) is 49.8 Å². The zero-order valence-corrected chi connectivity index (χ0v) is 20.8. The number of carbonyl (C=O) groups is 1. The van der Waals surface area contributed by atoms with Crippen LogP contribution < -0.4 is 29.1 Å². The number of carbonyl (C=O) groups excluding carboxylic acids is 1. The maximum absolute atomic E-state index is 13.7. The number of methoxy groups -OCH3 is 3. The molecule has 0 saturated heterocycles. The predicted molar refractivity (Wildman–Crippen MR) is 131 cm³/mol. The van der Waals surface area contributed by atoms with E-state index in [2.05, 4.69) is 9.98 Å². The molecular weight excluding hydrogens is 470 g/mol. The second-order valence-corrected chi connectivity index (χ2v) is 8.55. The Bertz CT molecular complexity index is 1450. The van der Waals surface area contributed by atoms with Crippen LogP contribution in [-0.2, 0) is 9.53 Å². The van der Waals surface area contributed by atoms with E-state index >= 15 is 0 Å². The lowest BCUT2D eigenvalue weighted by Gasteiger charge is -2.26. The average molecular weight is 496 g/mol. The number of pyridine rings is 1. The number of fused-ring (bicyclic) bond motifs is 1. The molecule has 0 N–H and O–H groups in total. The molecule has 9 nitrogen and oxygen atoms in total. The number of thiazole rings is 1. The van der Waals surface area contributed by atoms with Gasteiger partial charge in [-0.05, 0) is 55.3 Å². The van der Waals surface area contributed by atoms with Crippen LogP contribution in [0.5, 0.6) is 17.2 Å². The summed E-state index contributed by atoms with van der Waals surface area (Å²) >= 11 is 1.25. The molecule has 3 aromatic rings. The van der Waals surface area contributed by atoms with Crippen molar-refractivity contribution in [1.82, 2.24) is 9.55 Å². The van der Waals surface area contributed by atoms with Crippen LogP contribution in [0.3, 0.4) is 0 Å². The van der Waals surface area contributed by atoms with Gasteiger partial charge in [-0.2, -0.15) is 0 Å². The van der Waals surface area contributed by atoms with Crippen molar-refractivity contribution in [2.45, 2.75) is 19.9 Å². The van der Waals surface area contributed by atoms with Crippen LogP contribution in [0.4, 0.5) is 0 Å². The molecule has 0 fully saturated rings. The number of hydrogen-bond acceptors (Lipinski definition) is 9. The van der Waals surface area contributed by atoms with Gasteiger partial charge in [0.25, 0.3) is 5.56 Å². The van der Waals surface area contributed by atoms with E-state index in [1.54, 1.807) is 44.4 Å². The molecule has 1 aliphatic rings. The number of allylic oxidation sites excluding steroid dienone is 1. The minimum atomic E-state index is -0.807. The molecule has 2 aromatic heterocycles. The first kappa shape index (κ1) is 24.2. The van der Waals surface area contributed by atoms with Gasteiger partial charge in [0.2, 0.25) is 5.75 Å². The molecule has 35 heavy (non-hydrogen) atoms. The van der Waals surface area contributed by atoms with Gasteiger partial charge in [0.15, 0.2) is 16.3 Å². The molecule has 0 radical (unpaired) electrons. The molecule has 1 aromatic carbocycles. The lowest BCUT2D eigenvalue weighted by atomic mass is 9.95. The van der Waals surface area contributed by atoms with Crippen LogP contribution in [0.1, 0.15) is 31.0 Å². The minimum Gasteiger partial charge on any atom is -0.493 e. The fourth-order valence-electron chi connectivity index (χ4n) is 3.98. The molecule has 1 aliphatic heterocycles. The highest BCUT2D eigenvalue weighted by Crippen LogP contribution is 2.42. The third kappa shape index (κ3) is 4.44. The van der Waals surface area contributed by atoms with Crippen LogP contribution in [-0.4, -0.2) is 43.5 Å². The summed E-state index contributed by atoms with van der Waals surface area (Å²) in [5.74, 6) is 0.662. The summed E-state index contributed by atoms with van der Waals surface area (Å²) in [6, 6.07) is 6.26. The van der Waals surface area contributed by atoms with E-state index in [-0.39, 0.29) is 17.7 Å². The Kier molecular flexibility index (Phi) is 7.02. The van der Waals surface area contributed by atoms with E-state index in [0.717, 1.165) is 5.56 Å². The number of rotatable bonds is 7. The quantitative estimate of drug-likeness (QED) is 0.463. The lowest BCUT2D eigenvalue weighted by Crippen LogP contribution is -2.40. The molecule has 0 aliphatic carbocycles. The van der Waals surface area contributed by atoms with E-state index in [1.807, 2.05) is 12.1 Å². The molecule has 1 atom stereocenters. The second kappa shape index (κ2) is 10.1. The summed E-state index contributed by atoms with van der Waals surface area (Å²) in [6.07, 6.45) is 5.09. The second-order valence-electron chi connectivity index (χ2n) is 7.54. The molecule has 3 heterocycles. The minimum absolute atomic E-state index is 0.185. The molecule has 4 rings (SSSR count). The predicted octanol–water partition coefficient (Wildman–Crippen LogP) is 2.22. The monoisotopic (exact) mass is 495 g/mol.